The number of aliphatic hydroxyl groups is 1. The zero-order valence-electron chi connectivity index (χ0n) is 26.4. The number of carbonyl (C=O) groups is 4. The molecule has 3 N–H and O–H groups in total. The molecule has 10 nitrogen and oxygen atoms in total. The molecule has 234 valence electrons. The molecule has 1 saturated heterocycles. The molecule has 1 aliphatic heterocycles. The maximum Gasteiger partial charge on any atom is 0.316 e. The Morgan fingerprint density at radius 3 is 2.00 bits per heavy atom. The van der Waals surface area contributed by atoms with Crippen molar-refractivity contribution in [2.45, 2.75) is 79.5 Å². The molecular weight excluding hydrogens is 550 g/mol. The Morgan fingerprint density at radius 2 is 1.47 bits per heavy atom. The van der Waals surface area contributed by atoms with Crippen LogP contribution in [0.5, 0.6) is 11.5 Å². The second kappa shape index (κ2) is 13.3. The number of likely N-dealkylation sites (tertiary alicyclic amines) is 1. The standard InChI is InChI=1S/C33H45N3O7/c1-31(2,3)29(40)42-25-15-14-22(18-26(25)43-30(41)32(4,5)6)24(37)19-35-33(7,8)20-34-27(38)23-16-17-36(23)28(39)21-12-10-9-11-13-21/h9-15,18,23-24,35,37H,16-17,19-20H2,1-8H3,(H,34,38). The molecule has 0 aliphatic carbocycles. The van der Waals surface area contributed by atoms with E-state index in [4.69, 9.17) is 9.47 Å². The molecule has 10 heteroatoms. The van der Waals surface area contributed by atoms with E-state index in [2.05, 4.69) is 10.6 Å². The summed E-state index contributed by atoms with van der Waals surface area (Å²) in [5.74, 6) is -1.28. The van der Waals surface area contributed by atoms with Gasteiger partial charge >= 0.3 is 11.9 Å². The van der Waals surface area contributed by atoms with E-state index in [-0.39, 0.29) is 36.4 Å². The lowest BCUT2D eigenvalue weighted by molar-refractivity contribution is -0.145. The average Bonchev–Trinajstić information content (AvgIpc) is 2.90. The number of carbonyl (C=O) groups excluding carboxylic acids is 4. The highest BCUT2D eigenvalue weighted by Gasteiger charge is 2.38. The van der Waals surface area contributed by atoms with E-state index in [1.165, 1.54) is 12.1 Å². The SMILES string of the molecule is CC(C)(CNC(=O)C1CCN1C(=O)c1ccccc1)NCC(O)c1ccc(OC(=O)C(C)(C)C)c(OC(=O)C(C)(C)C)c1. The number of nitrogens with one attached hydrogen (secondary N) is 2. The molecule has 0 saturated carbocycles. The molecule has 43 heavy (non-hydrogen) atoms. The number of hydrogen-bond donors (Lipinski definition) is 3. The van der Waals surface area contributed by atoms with Crippen molar-refractivity contribution in [2.75, 3.05) is 19.6 Å². The fourth-order valence-corrected chi connectivity index (χ4v) is 4.03. The molecule has 2 unspecified atom stereocenters. The van der Waals surface area contributed by atoms with Crippen molar-refractivity contribution in [1.82, 2.24) is 15.5 Å². The number of benzene rings is 2. The van der Waals surface area contributed by atoms with Crippen molar-refractivity contribution in [2.24, 2.45) is 10.8 Å². The van der Waals surface area contributed by atoms with E-state index in [9.17, 15) is 24.3 Å². The minimum atomic E-state index is -1.000. The van der Waals surface area contributed by atoms with Gasteiger partial charge in [-0.15, -0.1) is 0 Å². The Balaban J connectivity index is 1.61. The highest BCUT2D eigenvalue weighted by atomic mass is 16.6. The van der Waals surface area contributed by atoms with Gasteiger partial charge in [0.25, 0.3) is 5.91 Å². The summed E-state index contributed by atoms with van der Waals surface area (Å²) in [5.41, 5.74) is -1.18. The lowest BCUT2D eigenvalue weighted by atomic mass is 9.97. The zero-order valence-corrected chi connectivity index (χ0v) is 26.4. The zero-order chi connectivity index (χ0) is 32.2. The van der Waals surface area contributed by atoms with Crippen LogP contribution in [-0.2, 0) is 14.4 Å². The minimum Gasteiger partial charge on any atom is -0.422 e. The fraction of sp³-hybridized carbons (Fsp3) is 0.515. The van der Waals surface area contributed by atoms with Gasteiger partial charge in [-0.2, -0.15) is 0 Å². The van der Waals surface area contributed by atoms with Crippen molar-refractivity contribution < 1.29 is 33.8 Å². The molecule has 2 atom stereocenters. The third-order valence-corrected chi connectivity index (χ3v) is 7.07. The fourth-order valence-electron chi connectivity index (χ4n) is 4.03. The number of esters is 2. The highest BCUT2D eigenvalue weighted by Crippen LogP contribution is 2.34. The van der Waals surface area contributed by atoms with Gasteiger partial charge in [-0.05, 0) is 91.6 Å². The van der Waals surface area contributed by atoms with E-state index in [1.807, 2.05) is 19.9 Å². The number of nitrogens with zero attached hydrogens (tertiary/aromatic N) is 1. The molecule has 2 amide bonds. The van der Waals surface area contributed by atoms with Crippen molar-refractivity contribution in [1.29, 1.82) is 0 Å². The molecule has 0 spiro atoms. The molecule has 0 bridgehead atoms. The van der Waals surface area contributed by atoms with Gasteiger partial charge in [-0.3, -0.25) is 19.2 Å². The second-order valence-corrected chi connectivity index (χ2v) is 13.7. The average molecular weight is 596 g/mol. The molecule has 1 heterocycles. The van der Waals surface area contributed by atoms with Crippen LogP contribution in [0.2, 0.25) is 0 Å². The van der Waals surface area contributed by atoms with Crippen LogP contribution in [0, 0.1) is 10.8 Å². The Morgan fingerprint density at radius 1 is 0.884 bits per heavy atom. The van der Waals surface area contributed by atoms with Crippen LogP contribution in [-0.4, -0.2) is 65.0 Å². The molecule has 2 aromatic carbocycles. The molecule has 1 aliphatic rings. The smallest absolute Gasteiger partial charge is 0.316 e. The van der Waals surface area contributed by atoms with Gasteiger partial charge in [0.15, 0.2) is 11.5 Å². The summed E-state index contributed by atoms with van der Waals surface area (Å²) in [7, 11) is 0. The van der Waals surface area contributed by atoms with E-state index in [1.54, 1.807) is 76.8 Å². The van der Waals surface area contributed by atoms with Crippen LogP contribution in [0.25, 0.3) is 0 Å². The van der Waals surface area contributed by atoms with Crippen LogP contribution < -0.4 is 20.1 Å². The third-order valence-electron chi connectivity index (χ3n) is 7.07. The normalized spacial score (nSPS) is 16.1. The van der Waals surface area contributed by atoms with Crippen LogP contribution >= 0.6 is 0 Å². The molecule has 1 fully saturated rings. The number of hydrogen-bond acceptors (Lipinski definition) is 8. The lowest BCUT2D eigenvalue weighted by Crippen LogP contribution is -2.60. The van der Waals surface area contributed by atoms with Gasteiger partial charge in [0.1, 0.15) is 6.04 Å². The number of ether oxygens (including phenoxy) is 2. The Kier molecular flexibility index (Phi) is 10.4. The number of aliphatic hydroxyl groups excluding tert-OH is 1. The Labute approximate surface area is 254 Å². The summed E-state index contributed by atoms with van der Waals surface area (Å²) in [5, 5.41) is 17.2. The van der Waals surface area contributed by atoms with Crippen LogP contribution in [0.4, 0.5) is 0 Å². The topological polar surface area (TPSA) is 134 Å². The first-order valence-corrected chi connectivity index (χ1v) is 14.5. The molecule has 0 aromatic heterocycles. The summed E-state index contributed by atoms with van der Waals surface area (Å²) in [4.78, 5) is 52.4. The van der Waals surface area contributed by atoms with E-state index in [0.717, 1.165) is 0 Å². The summed E-state index contributed by atoms with van der Waals surface area (Å²) in [6, 6.07) is 13.0. The van der Waals surface area contributed by atoms with E-state index >= 15 is 0 Å². The third kappa shape index (κ3) is 9.11. The van der Waals surface area contributed by atoms with Crippen LogP contribution in [0.1, 0.15) is 83.8 Å². The predicted octanol–water partition coefficient (Wildman–Crippen LogP) is 4.02. The number of β-amino-alcohol motifs (C(OH)–C–C–N with tert-alkyl or cyclic N) is 1. The van der Waals surface area contributed by atoms with Gasteiger partial charge in [-0.1, -0.05) is 24.3 Å². The van der Waals surface area contributed by atoms with Gasteiger partial charge in [0.05, 0.1) is 16.9 Å². The van der Waals surface area contributed by atoms with Crippen molar-refractivity contribution in [3.63, 3.8) is 0 Å². The molecule has 3 rings (SSSR count). The van der Waals surface area contributed by atoms with Gasteiger partial charge in [-0.25, -0.2) is 0 Å². The van der Waals surface area contributed by atoms with Crippen molar-refractivity contribution >= 4 is 23.8 Å². The summed E-state index contributed by atoms with van der Waals surface area (Å²) in [6.07, 6.45) is -0.403. The molecule has 0 radical (unpaired) electrons. The Bertz CT molecular complexity index is 1330. The van der Waals surface area contributed by atoms with Crippen molar-refractivity contribution in [3.05, 3.63) is 59.7 Å². The van der Waals surface area contributed by atoms with Crippen LogP contribution in [0.15, 0.2) is 48.5 Å². The van der Waals surface area contributed by atoms with Gasteiger partial charge < -0.3 is 30.1 Å². The summed E-state index contributed by atoms with van der Waals surface area (Å²) >= 11 is 0. The lowest BCUT2D eigenvalue weighted by Gasteiger charge is -2.40. The maximum atomic E-state index is 12.9. The highest BCUT2D eigenvalue weighted by molar-refractivity contribution is 5.98. The van der Waals surface area contributed by atoms with Gasteiger partial charge in [0.2, 0.25) is 5.91 Å². The van der Waals surface area contributed by atoms with Crippen molar-refractivity contribution in [3.8, 4) is 11.5 Å². The minimum absolute atomic E-state index is 0.0377. The number of amides is 2. The molecular formula is C33H45N3O7. The monoisotopic (exact) mass is 595 g/mol. The first-order chi connectivity index (χ1) is 19.9. The summed E-state index contributed by atoms with van der Waals surface area (Å²) < 4.78 is 11.1. The van der Waals surface area contributed by atoms with Crippen LogP contribution in [0.3, 0.4) is 0 Å². The van der Waals surface area contributed by atoms with E-state index < -0.39 is 40.5 Å². The van der Waals surface area contributed by atoms with Gasteiger partial charge in [0, 0.05) is 30.7 Å². The van der Waals surface area contributed by atoms with E-state index in [0.29, 0.717) is 24.1 Å². The first kappa shape index (κ1) is 33.7. The second-order valence-electron chi connectivity index (χ2n) is 13.7. The predicted molar refractivity (Wildman–Crippen MR) is 163 cm³/mol. The largest absolute Gasteiger partial charge is 0.422 e. The first-order valence-electron chi connectivity index (χ1n) is 14.5. The number of rotatable bonds is 10. The quantitative estimate of drug-likeness (QED) is 0.277. The summed E-state index contributed by atoms with van der Waals surface area (Å²) in [6.45, 7) is 15.0. The Hall–Kier alpha value is -3.76. The maximum absolute atomic E-state index is 12.9. The molecule has 2 aromatic rings.